The van der Waals surface area contributed by atoms with Crippen molar-refractivity contribution in [1.82, 2.24) is 19.4 Å². The number of nitrogens with zero attached hydrogens (tertiary/aromatic N) is 3. The quantitative estimate of drug-likeness (QED) is 0.447. The number of rotatable bonds is 9. The summed E-state index contributed by atoms with van der Waals surface area (Å²) in [5.41, 5.74) is 1.46. The van der Waals surface area contributed by atoms with Gasteiger partial charge in [0.2, 0.25) is 0 Å². The Balaban J connectivity index is 0.000000228. The van der Waals surface area contributed by atoms with Gasteiger partial charge in [-0.05, 0) is 73.1 Å². The van der Waals surface area contributed by atoms with Gasteiger partial charge in [-0.2, -0.15) is 0 Å². The second kappa shape index (κ2) is 14.1. The average molecular weight is 573 g/mol. The molecule has 0 aromatic carbocycles. The predicted octanol–water partition coefficient (Wildman–Crippen LogP) is 3.91. The number of aryl methyl sites for hydroxylation is 1. The first-order valence-electron chi connectivity index (χ1n) is 14.0. The minimum Gasteiger partial charge on any atom is -0.376 e. The molecule has 0 saturated carbocycles. The molecular weight excluding hydrogens is 528 g/mol. The molecule has 4 rings (SSSR count). The van der Waals surface area contributed by atoms with Crippen LogP contribution in [0.15, 0.2) is 64.1 Å². The Bertz CT molecular complexity index is 1300. The Labute approximate surface area is 241 Å². The van der Waals surface area contributed by atoms with Gasteiger partial charge in [-0.1, -0.05) is 18.7 Å². The number of hydrogen-bond donors (Lipinski definition) is 1. The third-order valence-electron chi connectivity index (χ3n) is 6.48. The first-order chi connectivity index (χ1) is 19.3. The third kappa shape index (κ3) is 8.38. The largest absolute Gasteiger partial charge is 0.376 e. The number of carbonyl (C=O) groups is 1. The summed E-state index contributed by atoms with van der Waals surface area (Å²) in [6, 6.07) is -0.424. The van der Waals surface area contributed by atoms with E-state index in [1.54, 1.807) is 19.3 Å². The minimum atomic E-state index is -0.502. The fraction of sp³-hybridized carbons (Fsp3) is 0.567. The molecule has 226 valence electrons. The lowest BCUT2D eigenvalue weighted by molar-refractivity contribution is -0.0514. The van der Waals surface area contributed by atoms with Crippen LogP contribution in [0, 0.1) is 6.92 Å². The van der Waals surface area contributed by atoms with Gasteiger partial charge in [0.15, 0.2) is 12.5 Å². The van der Waals surface area contributed by atoms with Crippen molar-refractivity contribution in [3.8, 4) is 0 Å². The summed E-state index contributed by atoms with van der Waals surface area (Å²) in [5, 5.41) is 2.70. The third-order valence-corrected chi connectivity index (χ3v) is 6.48. The van der Waals surface area contributed by atoms with E-state index in [2.05, 4.69) is 11.9 Å². The lowest BCUT2D eigenvalue weighted by Crippen LogP contribution is -2.45. The predicted molar refractivity (Wildman–Crippen MR) is 156 cm³/mol. The zero-order chi connectivity index (χ0) is 30.4. The maximum atomic E-state index is 12.5. The second-order valence-electron chi connectivity index (χ2n) is 11.1. The van der Waals surface area contributed by atoms with E-state index in [0.29, 0.717) is 24.5 Å². The smallest absolute Gasteiger partial charge is 0.333 e. The van der Waals surface area contributed by atoms with E-state index in [4.69, 9.17) is 18.9 Å². The van der Waals surface area contributed by atoms with Gasteiger partial charge in [-0.3, -0.25) is 18.8 Å². The molecule has 0 saturated heterocycles. The molecule has 0 fully saturated rings. The van der Waals surface area contributed by atoms with E-state index in [0.717, 1.165) is 5.57 Å². The molecule has 0 radical (unpaired) electrons. The number of hydrogen-bond acceptors (Lipinski definition) is 7. The van der Waals surface area contributed by atoms with Crippen molar-refractivity contribution < 1.29 is 23.7 Å². The summed E-state index contributed by atoms with van der Waals surface area (Å²) in [7, 11) is 0. The van der Waals surface area contributed by atoms with Crippen LogP contribution in [0.4, 0.5) is 4.79 Å². The number of aromatic nitrogens is 2. The number of ether oxygens (including phenoxy) is 4. The van der Waals surface area contributed by atoms with Gasteiger partial charge in [0, 0.05) is 29.7 Å². The molecule has 3 aliphatic heterocycles. The Kier molecular flexibility index (Phi) is 11.1. The summed E-state index contributed by atoms with van der Waals surface area (Å²) < 4.78 is 25.3. The van der Waals surface area contributed by atoms with E-state index in [9.17, 15) is 14.4 Å². The maximum absolute atomic E-state index is 12.5. The second-order valence-corrected chi connectivity index (χ2v) is 11.1. The van der Waals surface area contributed by atoms with Crippen LogP contribution in [0.2, 0.25) is 0 Å². The Morgan fingerprint density at radius 3 is 1.95 bits per heavy atom. The number of amides is 2. The molecule has 0 aliphatic carbocycles. The van der Waals surface area contributed by atoms with Crippen molar-refractivity contribution in [3.63, 3.8) is 0 Å². The van der Waals surface area contributed by atoms with E-state index < -0.39 is 6.23 Å². The molecule has 0 spiro atoms. The zero-order valence-corrected chi connectivity index (χ0v) is 25.3. The monoisotopic (exact) mass is 572 g/mol. The van der Waals surface area contributed by atoms with Crippen molar-refractivity contribution in [1.29, 1.82) is 0 Å². The number of carbonyl (C=O) groups excluding carboxylic acids is 1. The zero-order valence-electron chi connectivity index (χ0n) is 25.3. The van der Waals surface area contributed by atoms with Crippen LogP contribution in [0.25, 0.3) is 0 Å². The molecule has 1 N–H and O–H groups in total. The highest BCUT2D eigenvalue weighted by Gasteiger charge is 2.30. The van der Waals surface area contributed by atoms with Crippen LogP contribution in [0.1, 0.15) is 66.3 Å². The van der Waals surface area contributed by atoms with Crippen molar-refractivity contribution in [2.45, 2.75) is 98.3 Å². The summed E-state index contributed by atoms with van der Waals surface area (Å²) >= 11 is 0. The number of nitrogens with one attached hydrogen (secondary N) is 1. The lowest BCUT2D eigenvalue weighted by atomic mass is 10.2. The molecule has 2 amide bonds. The molecule has 0 unspecified atom stereocenters. The summed E-state index contributed by atoms with van der Waals surface area (Å²) in [4.78, 5) is 38.0. The summed E-state index contributed by atoms with van der Waals surface area (Å²) in [5.74, 6) is 0. The molecular formula is C30H44N4O7. The maximum Gasteiger partial charge on any atom is 0.333 e. The van der Waals surface area contributed by atoms with Crippen molar-refractivity contribution in [2.75, 3.05) is 13.2 Å². The molecule has 11 heteroatoms. The van der Waals surface area contributed by atoms with Gasteiger partial charge in [-0.25, -0.2) is 9.59 Å². The van der Waals surface area contributed by atoms with Gasteiger partial charge in [0.25, 0.3) is 5.56 Å². The first-order valence-corrected chi connectivity index (χ1v) is 14.0. The van der Waals surface area contributed by atoms with Crippen molar-refractivity contribution in [2.24, 2.45) is 0 Å². The van der Waals surface area contributed by atoms with E-state index in [-0.39, 0.29) is 54.0 Å². The van der Waals surface area contributed by atoms with Crippen molar-refractivity contribution in [3.05, 3.63) is 81.0 Å². The Hall–Kier alpha value is -3.25. The van der Waals surface area contributed by atoms with Gasteiger partial charge < -0.3 is 24.3 Å². The molecule has 4 atom stereocenters. The van der Waals surface area contributed by atoms with Gasteiger partial charge in [0.1, 0.15) is 12.2 Å². The Morgan fingerprint density at radius 2 is 1.41 bits per heavy atom. The van der Waals surface area contributed by atoms with Gasteiger partial charge >= 0.3 is 11.7 Å². The molecule has 3 aliphatic rings. The highest BCUT2D eigenvalue weighted by molar-refractivity contribution is 5.80. The summed E-state index contributed by atoms with van der Waals surface area (Å²) in [6.45, 7) is 19.8. The molecule has 11 nitrogen and oxygen atoms in total. The molecule has 1 aromatic heterocycles. The van der Waals surface area contributed by atoms with Crippen LogP contribution >= 0.6 is 0 Å². The average Bonchev–Trinajstić information content (AvgIpc) is 3.56. The first kappa shape index (κ1) is 32.3. The SMILES string of the molecule is C=C1NC(=O)N([C@H]2C=C[C@@H](COC(C)C)O2)C=C1C.Cc1cn([C@H]2C=C[C@@H](COC(C)C)O2)c(=O)n(C(C)C)c1=O. The molecule has 4 heterocycles. The van der Waals surface area contributed by atoms with Crippen LogP contribution in [-0.4, -0.2) is 63.9 Å². The van der Waals surface area contributed by atoms with Gasteiger partial charge in [-0.15, -0.1) is 0 Å². The lowest BCUT2D eigenvalue weighted by Gasteiger charge is -2.30. The highest BCUT2D eigenvalue weighted by atomic mass is 16.6. The van der Waals surface area contributed by atoms with E-state index >= 15 is 0 Å². The van der Waals surface area contributed by atoms with E-state index in [1.807, 2.05) is 72.8 Å². The Morgan fingerprint density at radius 1 is 0.878 bits per heavy atom. The minimum absolute atomic E-state index is 0.112. The fourth-order valence-corrected chi connectivity index (χ4v) is 4.24. The molecule has 0 bridgehead atoms. The topological polar surface area (TPSA) is 113 Å². The summed E-state index contributed by atoms with van der Waals surface area (Å²) in [6.07, 6.45) is 9.93. The molecule has 41 heavy (non-hydrogen) atoms. The van der Waals surface area contributed by atoms with E-state index in [1.165, 1.54) is 14.0 Å². The highest BCUT2D eigenvalue weighted by Crippen LogP contribution is 2.22. The molecule has 1 aromatic rings. The number of urea groups is 1. The van der Waals surface area contributed by atoms with Gasteiger partial charge in [0.05, 0.1) is 25.4 Å². The van der Waals surface area contributed by atoms with Crippen LogP contribution in [0.5, 0.6) is 0 Å². The fourth-order valence-electron chi connectivity index (χ4n) is 4.24. The normalized spacial score (nSPS) is 23.9. The van der Waals surface area contributed by atoms with Crippen LogP contribution < -0.4 is 16.6 Å². The van der Waals surface area contributed by atoms with Crippen LogP contribution in [-0.2, 0) is 18.9 Å². The number of allylic oxidation sites excluding steroid dienone is 1. The standard InChI is InChI=1S/C16H24N2O4.C14H20N2O3/c1-10(2)18-15(19)12(5)8-17(16(18)20)14-7-6-13(22-14)9-21-11(3)4;1-9(2)18-8-12-5-6-13(19-12)16-7-10(3)11(4)15-14(16)17/h6-8,10-11,13-14H,9H2,1-5H3;5-7,9,12-13H,4,8H2,1-3H3,(H,15,17)/t13-,14+;12-,13+/m00/s1. The van der Waals surface area contributed by atoms with Crippen LogP contribution in [0.3, 0.4) is 0 Å². The van der Waals surface area contributed by atoms with Crippen molar-refractivity contribution >= 4 is 6.03 Å².